The smallest absolute Gasteiger partial charge is 0.313 e. The van der Waals surface area contributed by atoms with Gasteiger partial charge in [-0.1, -0.05) is 0 Å². The fraction of sp³-hybridized carbons (Fsp3) is 0.778. The molecule has 1 rings (SSSR count). The molecule has 0 unspecified atom stereocenters. The molecule has 1 saturated carbocycles. The Kier molecular flexibility index (Phi) is 4.25. The molecule has 0 atom stereocenters. The Morgan fingerprint density at radius 3 is 2.57 bits per heavy atom. The van der Waals surface area contributed by atoms with Crippen LogP contribution in [0.5, 0.6) is 0 Å². The van der Waals surface area contributed by atoms with Crippen LogP contribution < -0.4 is 0 Å². The molecule has 80 valence electrons. The number of aliphatic carboxylic acids is 1. The first-order chi connectivity index (χ1) is 6.59. The average molecular weight is 217 g/mol. The van der Waals surface area contributed by atoms with Gasteiger partial charge in [-0.05, 0) is 18.8 Å². The summed E-state index contributed by atoms with van der Waals surface area (Å²) < 4.78 is 0. The quantitative estimate of drug-likeness (QED) is 0.710. The molecule has 0 aromatic carbocycles. The van der Waals surface area contributed by atoms with Gasteiger partial charge in [0.2, 0.25) is 5.91 Å². The molecule has 14 heavy (non-hydrogen) atoms. The second-order valence-electron chi connectivity index (χ2n) is 3.60. The van der Waals surface area contributed by atoms with Crippen LogP contribution in [0, 0.1) is 5.92 Å². The van der Waals surface area contributed by atoms with Crippen LogP contribution in [0.2, 0.25) is 0 Å². The minimum absolute atomic E-state index is 0.00298. The SMILES string of the molecule is CN(CC1CC1)C(=O)CSCC(=O)O. The number of nitrogens with zero attached hydrogens (tertiary/aromatic N) is 1. The minimum atomic E-state index is -0.868. The third-order valence-electron chi connectivity index (χ3n) is 2.11. The van der Waals surface area contributed by atoms with Crippen molar-refractivity contribution < 1.29 is 14.7 Å². The molecule has 5 heteroatoms. The lowest BCUT2D eigenvalue weighted by atomic mass is 10.4. The van der Waals surface area contributed by atoms with Gasteiger partial charge >= 0.3 is 5.97 Å². The second-order valence-corrected chi connectivity index (χ2v) is 4.59. The number of carboxylic acids is 1. The molecule has 0 aliphatic heterocycles. The van der Waals surface area contributed by atoms with Gasteiger partial charge in [0.05, 0.1) is 11.5 Å². The van der Waals surface area contributed by atoms with Gasteiger partial charge in [-0.25, -0.2) is 0 Å². The van der Waals surface area contributed by atoms with E-state index >= 15 is 0 Å². The molecule has 0 heterocycles. The van der Waals surface area contributed by atoms with Crippen molar-refractivity contribution in [1.29, 1.82) is 0 Å². The van der Waals surface area contributed by atoms with Crippen molar-refractivity contribution in [3.63, 3.8) is 0 Å². The molecule has 0 radical (unpaired) electrons. The minimum Gasteiger partial charge on any atom is -0.481 e. The Morgan fingerprint density at radius 1 is 1.43 bits per heavy atom. The normalized spacial score (nSPS) is 15.2. The molecule has 0 aromatic heterocycles. The Labute approximate surface area is 87.7 Å². The number of carbonyl (C=O) groups is 2. The van der Waals surface area contributed by atoms with Gasteiger partial charge in [0, 0.05) is 13.6 Å². The van der Waals surface area contributed by atoms with E-state index in [9.17, 15) is 9.59 Å². The third-order valence-corrected chi connectivity index (χ3v) is 3.01. The van der Waals surface area contributed by atoms with Gasteiger partial charge < -0.3 is 10.0 Å². The zero-order valence-corrected chi connectivity index (χ0v) is 9.05. The summed E-state index contributed by atoms with van der Waals surface area (Å²) in [4.78, 5) is 23.3. The summed E-state index contributed by atoms with van der Waals surface area (Å²) in [6, 6.07) is 0. The Morgan fingerprint density at radius 2 is 2.07 bits per heavy atom. The highest BCUT2D eigenvalue weighted by molar-refractivity contribution is 8.00. The van der Waals surface area contributed by atoms with E-state index in [0.717, 1.165) is 18.3 Å². The topological polar surface area (TPSA) is 57.6 Å². The van der Waals surface area contributed by atoms with Crippen molar-refractivity contribution in [1.82, 2.24) is 4.90 Å². The summed E-state index contributed by atoms with van der Waals surface area (Å²) >= 11 is 1.15. The standard InChI is InChI=1S/C9H15NO3S/c1-10(4-7-2-3-7)8(11)5-14-6-9(12)13/h7H,2-6H2,1H3,(H,12,13). The van der Waals surface area contributed by atoms with Crippen LogP contribution in [-0.2, 0) is 9.59 Å². The van der Waals surface area contributed by atoms with Gasteiger partial charge in [-0.2, -0.15) is 0 Å². The van der Waals surface area contributed by atoms with Gasteiger partial charge in [0.15, 0.2) is 0 Å². The van der Waals surface area contributed by atoms with Crippen LogP contribution in [0.15, 0.2) is 0 Å². The summed E-state index contributed by atoms with van der Waals surface area (Å²) in [5.74, 6) is 0.127. The average Bonchev–Trinajstić information content (AvgIpc) is 2.87. The first-order valence-electron chi connectivity index (χ1n) is 4.63. The lowest BCUT2D eigenvalue weighted by Crippen LogP contribution is -2.30. The van der Waals surface area contributed by atoms with E-state index in [4.69, 9.17) is 5.11 Å². The summed E-state index contributed by atoms with van der Waals surface area (Å²) in [5.41, 5.74) is 0. The van der Waals surface area contributed by atoms with Gasteiger partial charge in [0.25, 0.3) is 0 Å². The molecule has 4 nitrogen and oxygen atoms in total. The summed E-state index contributed by atoms with van der Waals surface area (Å²) in [6.45, 7) is 0.826. The Hall–Kier alpha value is -0.710. The fourth-order valence-electron chi connectivity index (χ4n) is 1.13. The van der Waals surface area contributed by atoms with Crippen LogP contribution in [-0.4, -0.2) is 47.0 Å². The molecular formula is C9H15NO3S. The van der Waals surface area contributed by atoms with E-state index in [0.29, 0.717) is 5.92 Å². The molecule has 1 fully saturated rings. The molecular weight excluding hydrogens is 202 g/mol. The maximum atomic E-state index is 11.4. The molecule has 1 amide bonds. The largest absolute Gasteiger partial charge is 0.481 e. The van der Waals surface area contributed by atoms with Crippen LogP contribution in [0.1, 0.15) is 12.8 Å². The maximum absolute atomic E-state index is 11.4. The van der Waals surface area contributed by atoms with Crippen molar-refractivity contribution in [2.45, 2.75) is 12.8 Å². The Bertz CT molecular complexity index is 228. The highest BCUT2D eigenvalue weighted by Crippen LogP contribution is 2.29. The molecule has 0 aromatic rings. The van der Waals surface area contributed by atoms with Crippen LogP contribution >= 0.6 is 11.8 Å². The lowest BCUT2D eigenvalue weighted by Gasteiger charge is -2.15. The van der Waals surface area contributed by atoms with Crippen molar-refractivity contribution >= 4 is 23.6 Å². The van der Waals surface area contributed by atoms with Crippen molar-refractivity contribution in [3.8, 4) is 0 Å². The molecule has 1 aliphatic carbocycles. The van der Waals surface area contributed by atoms with E-state index in [1.54, 1.807) is 11.9 Å². The number of thioether (sulfide) groups is 1. The highest BCUT2D eigenvalue weighted by atomic mass is 32.2. The number of carboxylic acid groups (broad SMARTS) is 1. The van der Waals surface area contributed by atoms with Crippen molar-refractivity contribution in [2.75, 3.05) is 25.1 Å². The molecule has 0 spiro atoms. The van der Waals surface area contributed by atoms with Gasteiger partial charge in [-0.3, -0.25) is 9.59 Å². The predicted molar refractivity (Wildman–Crippen MR) is 55.3 cm³/mol. The van der Waals surface area contributed by atoms with E-state index < -0.39 is 5.97 Å². The van der Waals surface area contributed by atoms with E-state index in [1.807, 2.05) is 0 Å². The fourth-order valence-corrected chi connectivity index (χ4v) is 1.80. The highest BCUT2D eigenvalue weighted by Gasteiger charge is 2.24. The van der Waals surface area contributed by atoms with Crippen LogP contribution in [0.3, 0.4) is 0 Å². The number of carbonyl (C=O) groups excluding carboxylic acids is 1. The first-order valence-corrected chi connectivity index (χ1v) is 5.78. The number of hydrogen-bond acceptors (Lipinski definition) is 3. The summed E-state index contributed by atoms with van der Waals surface area (Å²) in [6.07, 6.45) is 2.44. The number of rotatable bonds is 6. The lowest BCUT2D eigenvalue weighted by molar-refractivity contribution is -0.133. The van der Waals surface area contributed by atoms with Crippen molar-refractivity contribution in [3.05, 3.63) is 0 Å². The molecule has 1 aliphatic rings. The molecule has 0 bridgehead atoms. The van der Waals surface area contributed by atoms with Crippen LogP contribution in [0.4, 0.5) is 0 Å². The monoisotopic (exact) mass is 217 g/mol. The van der Waals surface area contributed by atoms with Crippen LogP contribution in [0.25, 0.3) is 0 Å². The van der Waals surface area contributed by atoms with E-state index in [-0.39, 0.29) is 17.4 Å². The molecule has 0 saturated heterocycles. The second kappa shape index (κ2) is 5.24. The van der Waals surface area contributed by atoms with E-state index in [1.165, 1.54) is 12.8 Å². The van der Waals surface area contributed by atoms with Crippen molar-refractivity contribution in [2.24, 2.45) is 5.92 Å². The summed E-state index contributed by atoms with van der Waals surface area (Å²) in [7, 11) is 1.78. The summed E-state index contributed by atoms with van der Waals surface area (Å²) in [5, 5.41) is 8.37. The number of hydrogen-bond donors (Lipinski definition) is 1. The molecule has 1 N–H and O–H groups in total. The maximum Gasteiger partial charge on any atom is 0.313 e. The number of amides is 1. The van der Waals surface area contributed by atoms with Gasteiger partial charge in [0.1, 0.15) is 0 Å². The van der Waals surface area contributed by atoms with Gasteiger partial charge in [-0.15, -0.1) is 11.8 Å². The van der Waals surface area contributed by atoms with E-state index in [2.05, 4.69) is 0 Å². The first kappa shape index (κ1) is 11.4. The Balaban J connectivity index is 2.09. The zero-order chi connectivity index (χ0) is 10.6. The third kappa shape index (κ3) is 4.50. The zero-order valence-electron chi connectivity index (χ0n) is 8.23. The predicted octanol–water partition coefficient (Wildman–Crippen LogP) is 0.673.